The summed E-state index contributed by atoms with van der Waals surface area (Å²) >= 11 is 0. The van der Waals surface area contributed by atoms with Crippen LogP contribution in [0.1, 0.15) is 13.3 Å². The minimum absolute atomic E-state index is 0.0525. The number of carbonyl (C=O) groups excluding carboxylic acids is 2. The number of amides is 2. The van der Waals surface area contributed by atoms with E-state index in [0.29, 0.717) is 18.0 Å². The van der Waals surface area contributed by atoms with Crippen molar-refractivity contribution in [2.75, 3.05) is 23.4 Å². The summed E-state index contributed by atoms with van der Waals surface area (Å²) in [4.78, 5) is 26.1. The van der Waals surface area contributed by atoms with Crippen LogP contribution in [0.5, 0.6) is 5.75 Å². The zero-order valence-electron chi connectivity index (χ0n) is 13.9. The number of hydrogen-bond donors (Lipinski definition) is 1. The standard InChI is InChI=1S/C19H19FN2O3/c1-2-25-17-10-6-4-8-15(17)21-19(24)13-11-18(23)22(12-13)16-9-5-3-7-14(16)20/h3-10,13H,2,11-12H2,1H3,(H,21,24). The predicted molar refractivity (Wildman–Crippen MR) is 93.1 cm³/mol. The van der Waals surface area contributed by atoms with Gasteiger partial charge in [-0.3, -0.25) is 9.59 Å². The maximum absolute atomic E-state index is 13.9. The van der Waals surface area contributed by atoms with Crippen LogP contribution < -0.4 is 15.0 Å². The van der Waals surface area contributed by atoms with E-state index in [4.69, 9.17) is 4.74 Å². The van der Waals surface area contributed by atoms with Gasteiger partial charge in [-0.15, -0.1) is 0 Å². The van der Waals surface area contributed by atoms with Crippen molar-refractivity contribution in [1.29, 1.82) is 0 Å². The summed E-state index contributed by atoms with van der Waals surface area (Å²) in [6.07, 6.45) is 0.0525. The van der Waals surface area contributed by atoms with Crippen LogP contribution in [0.25, 0.3) is 0 Å². The zero-order valence-corrected chi connectivity index (χ0v) is 13.9. The van der Waals surface area contributed by atoms with Crippen molar-refractivity contribution in [3.8, 4) is 5.75 Å². The summed E-state index contributed by atoms with van der Waals surface area (Å²) in [5.74, 6) is -0.975. The summed E-state index contributed by atoms with van der Waals surface area (Å²) in [5.41, 5.74) is 0.767. The smallest absolute Gasteiger partial charge is 0.229 e. The lowest BCUT2D eigenvalue weighted by atomic mass is 10.1. The van der Waals surface area contributed by atoms with Crippen LogP contribution in [0.3, 0.4) is 0 Å². The van der Waals surface area contributed by atoms with Gasteiger partial charge >= 0.3 is 0 Å². The fourth-order valence-electron chi connectivity index (χ4n) is 2.87. The molecule has 5 nitrogen and oxygen atoms in total. The Hall–Kier alpha value is -2.89. The average Bonchev–Trinajstić information content (AvgIpc) is 2.99. The van der Waals surface area contributed by atoms with Gasteiger partial charge in [0.1, 0.15) is 11.6 Å². The van der Waals surface area contributed by atoms with Crippen LogP contribution in [0, 0.1) is 11.7 Å². The Morgan fingerprint density at radius 1 is 1.24 bits per heavy atom. The first-order chi connectivity index (χ1) is 12.1. The number of nitrogens with one attached hydrogen (secondary N) is 1. The van der Waals surface area contributed by atoms with E-state index >= 15 is 0 Å². The Balaban J connectivity index is 1.72. The second kappa shape index (κ2) is 7.34. The van der Waals surface area contributed by atoms with Gasteiger partial charge in [-0.2, -0.15) is 0 Å². The summed E-state index contributed by atoms with van der Waals surface area (Å²) < 4.78 is 19.4. The minimum Gasteiger partial charge on any atom is -0.492 e. The lowest BCUT2D eigenvalue weighted by molar-refractivity contribution is -0.122. The molecular weight excluding hydrogens is 323 g/mol. The highest BCUT2D eigenvalue weighted by Crippen LogP contribution is 2.29. The molecule has 2 amide bonds. The maximum atomic E-state index is 13.9. The Morgan fingerprint density at radius 3 is 2.72 bits per heavy atom. The number of benzene rings is 2. The van der Waals surface area contributed by atoms with Crippen molar-refractivity contribution in [3.05, 3.63) is 54.3 Å². The third-order valence-electron chi connectivity index (χ3n) is 4.08. The number of hydrogen-bond acceptors (Lipinski definition) is 3. The quantitative estimate of drug-likeness (QED) is 0.908. The molecule has 1 N–H and O–H groups in total. The Bertz CT molecular complexity index is 794. The molecule has 1 unspecified atom stereocenters. The predicted octanol–water partition coefficient (Wildman–Crippen LogP) is 3.22. The van der Waals surface area contributed by atoms with Crippen molar-refractivity contribution >= 4 is 23.2 Å². The number of nitrogens with zero attached hydrogens (tertiary/aromatic N) is 1. The van der Waals surface area contributed by atoms with Gasteiger partial charge in [0, 0.05) is 13.0 Å². The van der Waals surface area contributed by atoms with E-state index in [9.17, 15) is 14.0 Å². The fourth-order valence-corrected chi connectivity index (χ4v) is 2.87. The second-order valence-electron chi connectivity index (χ2n) is 5.78. The van der Waals surface area contributed by atoms with E-state index < -0.39 is 11.7 Å². The van der Waals surface area contributed by atoms with Crippen molar-refractivity contribution in [1.82, 2.24) is 0 Å². The van der Waals surface area contributed by atoms with Crippen molar-refractivity contribution in [2.24, 2.45) is 5.92 Å². The number of para-hydroxylation sites is 3. The number of anilines is 2. The van der Waals surface area contributed by atoms with Gasteiger partial charge < -0.3 is 15.0 Å². The molecule has 0 radical (unpaired) electrons. The first kappa shape index (κ1) is 17.0. The highest BCUT2D eigenvalue weighted by Gasteiger charge is 2.36. The first-order valence-corrected chi connectivity index (χ1v) is 8.17. The largest absolute Gasteiger partial charge is 0.492 e. The normalized spacial score (nSPS) is 16.8. The minimum atomic E-state index is -0.540. The van der Waals surface area contributed by atoms with Gasteiger partial charge in [-0.25, -0.2) is 4.39 Å². The topological polar surface area (TPSA) is 58.6 Å². The van der Waals surface area contributed by atoms with Crippen LogP contribution in [0.2, 0.25) is 0 Å². The van der Waals surface area contributed by atoms with Gasteiger partial charge in [0.15, 0.2) is 0 Å². The molecule has 1 saturated heterocycles. The summed E-state index contributed by atoms with van der Waals surface area (Å²) in [6.45, 7) is 2.50. The number of carbonyl (C=O) groups is 2. The summed E-state index contributed by atoms with van der Waals surface area (Å²) in [5, 5.41) is 2.81. The molecule has 1 fully saturated rings. The zero-order chi connectivity index (χ0) is 17.8. The van der Waals surface area contributed by atoms with E-state index in [2.05, 4.69) is 5.32 Å². The summed E-state index contributed by atoms with van der Waals surface area (Å²) in [6, 6.07) is 13.2. The summed E-state index contributed by atoms with van der Waals surface area (Å²) in [7, 11) is 0. The van der Waals surface area contributed by atoms with Crippen LogP contribution in [0.15, 0.2) is 48.5 Å². The molecule has 1 atom stereocenters. The molecular formula is C19H19FN2O3. The molecule has 0 bridgehead atoms. The van der Waals surface area contributed by atoms with E-state index in [1.807, 2.05) is 13.0 Å². The SMILES string of the molecule is CCOc1ccccc1NC(=O)C1CC(=O)N(c2ccccc2F)C1. The Morgan fingerprint density at radius 2 is 1.96 bits per heavy atom. The Kier molecular flexibility index (Phi) is 4.97. The molecule has 1 heterocycles. The van der Waals surface area contributed by atoms with Gasteiger partial charge in [-0.05, 0) is 31.2 Å². The molecule has 0 aromatic heterocycles. The van der Waals surface area contributed by atoms with Crippen molar-refractivity contribution in [3.63, 3.8) is 0 Å². The molecule has 3 rings (SSSR count). The van der Waals surface area contributed by atoms with Crippen LogP contribution in [-0.2, 0) is 9.59 Å². The monoisotopic (exact) mass is 342 g/mol. The van der Waals surface area contributed by atoms with Gasteiger partial charge in [0.05, 0.1) is 23.9 Å². The fraction of sp³-hybridized carbons (Fsp3) is 0.263. The first-order valence-electron chi connectivity index (χ1n) is 8.17. The third kappa shape index (κ3) is 3.63. The average molecular weight is 342 g/mol. The highest BCUT2D eigenvalue weighted by atomic mass is 19.1. The van der Waals surface area contributed by atoms with Crippen LogP contribution in [0.4, 0.5) is 15.8 Å². The lowest BCUT2D eigenvalue weighted by Crippen LogP contribution is -2.28. The number of halogens is 1. The molecule has 0 saturated carbocycles. The van der Waals surface area contributed by atoms with E-state index in [-0.39, 0.29) is 30.5 Å². The molecule has 0 spiro atoms. The van der Waals surface area contributed by atoms with Gasteiger partial charge in [0.2, 0.25) is 11.8 Å². The molecule has 1 aliphatic rings. The second-order valence-corrected chi connectivity index (χ2v) is 5.78. The van der Waals surface area contributed by atoms with Crippen LogP contribution in [-0.4, -0.2) is 25.0 Å². The number of ether oxygens (including phenoxy) is 1. The molecule has 1 aliphatic heterocycles. The molecule has 25 heavy (non-hydrogen) atoms. The molecule has 0 aliphatic carbocycles. The van der Waals surface area contributed by atoms with E-state index in [1.165, 1.54) is 17.0 Å². The Labute approximate surface area is 145 Å². The van der Waals surface area contributed by atoms with Crippen LogP contribution >= 0.6 is 0 Å². The lowest BCUT2D eigenvalue weighted by Gasteiger charge is -2.17. The third-order valence-corrected chi connectivity index (χ3v) is 4.08. The van der Waals surface area contributed by atoms with Gasteiger partial charge in [0.25, 0.3) is 0 Å². The molecule has 130 valence electrons. The maximum Gasteiger partial charge on any atom is 0.229 e. The van der Waals surface area contributed by atoms with Gasteiger partial charge in [-0.1, -0.05) is 24.3 Å². The van der Waals surface area contributed by atoms with Crippen molar-refractivity contribution in [2.45, 2.75) is 13.3 Å². The molecule has 6 heteroatoms. The van der Waals surface area contributed by atoms with E-state index in [0.717, 1.165) is 0 Å². The van der Waals surface area contributed by atoms with E-state index in [1.54, 1.807) is 30.3 Å². The molecule has 2 aromatic rings. The highest BCUT2D eigenvalue weighted by molar-refractivity contribution is 6.03. The van der Waals surface area contributed by atoms with Crippen molar-refractivity contribution < 1.29 is 18.7 Å². The molecule has 2 aromatic carbocycles. The number of rotatable bonds is 5.